The van der Waals surface area contributed by atoms with Crippen LogP contribution in [0.3, 0.4) is 0 Å². The summed E-state index contributed by atoms with van der Waals surface area (Å²) in [5.41, 5.74) is 3.23. The Bertz CT molecular complexity index is 1520. The van der Waals surface area contributed by atoms with Crippen LogP contribution in [-0.2, 0) is 51.1 Å². The summed E-state index contributed by atoms with van der Waals surface area (Å²) in [6.45, 7) is 1.95. The van der Waals surface area contributed by atoms with Gasteiger partial charge in [-0.3, -0.25) is 0 Å². The molecular weight excluding hydrogens is 636 g/mol. The zero-order chi connectivity index (χ0) is 33.7. The Morgan fingerprint density at radius 1 is 0.640 bits per heavy atom. The van der Waals surface area contributed by atoms with Crippen LogP contribution in [0.2, 0.25) is 0 Å². The quantitative estimate of drug-likeness (QED) is 0.235. The molecule has 9 heteroatoms. The zero-order valence-electron chi connectivity index (χ0n) is 28.6. The largest absolute Gasteiger partial charge is 0.497 e. The monoisotopic (exact) mass is 684 g/mol. The van der Waals surface area contributed by atoms with Crippen molar-refractivity contribution in [1.29, 1.82) is 0 Å². The van der Waals surface area contributed by atoms with Gasteiger partial charge in [0.25, 0.3) is 0 Å². The first kappa shape index (κ1) is 34.0. The molecule has 5 aliphatic rings. The number of ether oxygens (including phenoxy) is 9. The van der Waals surface area contributed by atoms with Gasteiger partial charge in [0.1, 0.15) is 24.1 Å². The number of methoxy groups -OCH3 is 1. The van der Waals surface area contributed by atoms with Crippen LogP contribution in [0.25, 0.3) is 0 Å². The molecule has 3 aromatic rings. The van der Waals surface area contributed by atoms with E-state index in [0.717, 1.165) is 48.1 Å². The molecule has 5 heterocycles. The molecule has 11 atom stereocenters. The summed E-state index contributed by atoms with van der Waals surface area (Å²) < 4.78 is 57.8. The number of hydrogen-bond acceptors (Lipinski definition) is 9. The molecule has 4 fully saturated rings. The zero-order valence-corrected chi connectivity index (χ0v) is 28.6. The summed E-state index contributed by atoms with van der Waals surface area (Å²) in [6.07, 6.45) is 6.53. The van der Waals surface area contributed by atoms with E-state index in [9.17, 15) is 0 Å². The van der Waals surface area contributed by atoms with Crippen LogP contribution in [0.1, 0.15) is 55.1 Å². The lowest BCUT2D eigenvalue weighted by Gasteiger charge is -2.45. The minimum absolute atomic E-state index is 0.0340. The molecule has 0 spiro atoms. The predicted octanol–water partition coefficient (Wildman–Crippen LogP) is 6.49. The van der Waals surface area contributed by atoms with Crippen molar-refractivity contribution in [2.45, 2.75) is 113 Å². The first-order valence-electron chi connectivity index (χ1n) is 18.1. The highest BCUT2D eigenvalue weighted by Gasteiger charge is 2.48. The van der Waals surface area contributed by atoms with Gasteiger partial charge >= 0.3 is 0 Å². The summed E-state index contributed by atoms with van der Waals surface area (Å²) in [4.78, 5) is 0. The molecule has 0 N–H and O–H groups in total. The maximum atomic E-state index is 6.96. The highest BCUT2D eigenvalue weighted by Crippen LogP contribution is 2.40. The SMILES string of the molecule is COc1ccc([C@@H]2OC[C@H]3O[C@H]4CC[C@H]5O[C@H]6C[C@@H](OCc7ccccc7)[C@H](COCc7ccccc7)O[C@@H]6/C=C\C[C@@H]5O[C@@H]4C[C@@H]3O2)cc1. The predicted molar refractivity (Wildman–Crippen MR) is 185 cm³/mol. The van der Waals surface area contributed by atoms with Crippen molar-refractivity contribution < 1.29 is 42.6 Å². The minimum atomic E-state index is -0.443. The lowest BCUT2D eigenvalue weighted by molar-refractivity contribution is -0.307. The van der Waals surface area contributed by atoms with E-state index in [0.29, 0.717) is 32.8 Å². The van der Waals surface area contributed by atoms with Crippen LogP contribution < -0.4 is 4.74 Å². The van der Waals surface area contributed by atoms with Crippen molar-refractivity contribution in [1.82, 2.24) is 0 Å². The second kappa shape index (κ2) is 16.0. The van der Waals surface area contributed by atoms with E-state index in [1.807, 2.05) is 60.7 Å². The van der Waals surface area contributed by atoms with E-state index < -0.39 is 6.29 Å². The molecule has 0 bridgehead atoms. The van der Waals surface area contributed by atoms with E-state index >= 15 is 0 Å². The molecule has 9 nitrogen and oxygen atoms in total. The van der Waals surface area contributed by atoms with E-state index in [-0.39, 0.29) is 61.0 Å². The van der Waals surface area contributed by atoms with Gasteiger partial charge in [-0.15, -0.1) is 0 Å². The summed E-state index contributed by atoms with van der Waals surface area (Å²) in [7, 11) is 1.66. The lowest BCUT2D eigenvalue weighted by atomic mass is 9.93. The molecule has 5 aliphatic heterocycles. The second-order valence-corrected chi connectivity index (χ2v) is 13.9. The molecule has 8 rings (SSSR count). The maximum Gasteiger partial charge on any atom is 0.184 e. The number of fused-ring (bicyclic) bond motifs is 4. The average Bonchev–Trinajstić information content (AvgIpc) is 3.31. The molecule has 266 valence electrons. The number of hydrogen-bond donors (Lipinski definition) is 0. The van der Waals surface area contributed by atoms with Crippen LogP contribution >= 0.6 is 0 Å². The Morgan fingerprint density at radius 3 is 2.08 bits per heavy atom. The molecule has 0 aromatic heterocycles. The minimum Gasteiger partial charge on any atom is -0.497 e. The van der Waals surface area contributed by atoms with Crippen LogP contribution in [0.15, 0.2) is 97.1 Å². The standard InChI is InChI=1S/C41H48O9/c1-42-30-17-15-29(16-18-30)41-45-26-40-38(50-41)22-37-34(49-40)20-19-33-31(46-37)13-8-14-32-36(47-33)21-35(44-24-28-11-6-3-7-12-28)39(48-32)25-43-23-27-9-4-2-5-10-27/h2-12,14-18,31-41H,13,19-26H2,1H3/b14-8-/t31-,32+,33+,34-,35+,36-,37+,38-,39-,40+,41+/m0/s1. The van der Waals surface area contributed by atoms with Gasteiger partial charge in [-0.1, -0.05) is 84.9 Å². The van der Waals surface area contributed by atoms with Crippen molar-refractivity contribution in [3.8, 4) is 5.75 Å². The maximum absolute atomic E-state index is 6.96. The van der Waals surface area contributed by atoms with Gasteiger partial charge in [0.2, 0.25) is 0 Å². The summed E-state index contributed by atoms with van der Waals surface area (Å²) in [5, 5.41) is 0. The smallest absolute Gasteiger partial charge is 0.184 e. The van der Waals surface area contributed by atoms with Crippen molar-refractivity contribution >= 4 is 0 Å². The van der Waals surface area contributed by atoms with Gasteiger partial charge in [0.15, 0.2) is 6.29 Å². The Hall–Kier alpha value is -3.12. The fourth-order valence-corrected chi connectivity index (χ4v) is 7.86. The fraction of sp³-hybridized carbons (Fsp3) is 0.512. The van der Waals surface area contributed by atoms with E-state index in [4.69, 9.17) is 42.6 Å². The molecule has 0 saturated carbocycles. The van der Waals surface area contributed by atoms with Gasteiger partial charge in [-0.2, -0.15) is 0 Å². The fourth-order valence-electron chi connectivity index (χ4n) is 7.86. The average molecular weight is 685 g/mol. The Labute approximate surface area is 294 Å². The van der Waals surface area contributed by atoms with Crippen LogP contribution in [0.5, 0.6) is 5.75 Å². The van der Waals surface area contributed by atoms with E-state index in [1.54, 1.807) is 7.11 Å². The van der Waals surface area contributed by atoms with Gasteiger partial charge < -0.3 is 42.6 Å². The third-order valence-corrected chi connectivity index (χ3v) is 10.6. The first-order valence-corrected chi connectivity index (χ1v) is 18.1. The topological polar surface area (TPSA) is 83.1 Å². The second-order valence-electron chi connectivity index (χ2n) is 13.9. The summed E-state index contributed by atoms with van der Waals surface area (Å²) in [5.74, 6) is 0.803. The first-order chi connectivity index (χ1) is 24.7. The Balaban J connectivity index is 0.923. The lowest BCUT2D eigenvalue weighted by Crippen LogP contribution is -2.54. The highest BCUT2D eigenvalue weighted by molar-refractivity contribution is 5.28. The number of benzene rings is 3. The molecule has 3 aromatic carbocycles. The Kier molecular flexibility index (Phi) is 10.9. The molecular formula is C41H48O9. The molecule has 0 radical (unpaired) electrons. The van der Waals surface area contributed by atoms with Crippen molar-refractivity contribution in [2.24, 2.45) is 0 Å². The van der Waals surface area contributed by atoms with Gasteiger partial charge in [-0.25, -0.2) is 0 Å². The number of rotatable bonds is 9. The van der Waals surface area contributed by atoms with Crippen LogP contribution in [-0.4, -0.2) is 81.4 Å². The Morgan fingerprint density at radius 2 is 1.32 bits per heavy atom. The van der Waals surface area contributed by atoms with Gasteiger partial charge in [-0.05, 0) is 42.5 Å². The molecule has 50 heavy (non-hydrogen) atoms. The normalized spacial score (nSPS) is 35.9. The highest BCUT2D eigenvalue weighted by atomic mass is 16.7. The van der Waals surface area contributed by atoms with E-state index in [1.165, 1.54) is 0 Å². The van der Waals surface area contributed by atoms with Crippen molar-refractivity contribution in [3.05, 3.63) is 114 Å². The third-order valence-electron chi connectivity index (χ3n) is 10.6. The molecule has 0 aliphatic carbocycles. The van der Waals surface area contributed by atoms with Crippen molar-refractivity contribution in [3.63, 3.8) is 0 Å². The summed E-state index contributed by atoms with van der Waals surface area (Å²) in [6, 6.07) is 28.3. The van der Waals surface area contributed by atoms with Gasteiger partial charge in [0.05, 0.1) is 76.3 Å². The van der Waals surface area contributed by atoms with Crippen LogP contribution in [0, 0.1) is 0 Å². The van der Waals surface area contributed by atoms with Gasteiger partial charge in [0, 0.05) is 18.4 Å². The molecule has 0 amide bonds. The van der Waals surface area contributed by atoms with E-state index in [2.05, 4.69) is 36.4 Å². The van der Waals surface area contributed by atoms with Crippen LogP contribution in [0.4, 0.5) is 0 Å². The third kappa shape index (κ3) is 8.01. The van der Waals surface area contributed by atoms with Crippen molar-refractivity contribution in [2.75, 3.05) is 20.3 Å². The summed E-state index contributed by atoms with van der Waals surface area (Å²) >= 11 is 0. The molecule has 0 unspecified atom stereocenters. The molecule has 4 saturated heterocycles.